The summed E-state index contributed by atoms with van der Waals surface area (Å²) in [4.78, 5) is 33.4. The van der Waals surface area contributed by atoms with Crippen LogP contribution in [0, 0.1) is 0 Å². The minimum Gasteiger partial charge on any atom is -0.489 e. The Hall–Kier alpha value is -2.83. The second kappa shape index (κ2) is 6.37. The molecule has 0 aromatic heterocycles. The first kappa shape index (κ1) is 15.2. The molecule has 0 spiro atoms. The van der Waals surface area contributed by atoms with E-state index in [9.17, 15) is 14.4 Å². The van der Waals surface area contributed by atoms with Crippen molar-refractivity contribution < 1.29 is 34.1 Å². The quantitative estimate of drug-likeness (QED) is 0.462. The van der Waals surface area contributed by atoms with Gasteiger partial charge in [0.2, 0.25) is 0 Å². The first-order valence-corrected chi connectivity index (χ1v) is 5.53. The molecule has 106 valence electrons. The van der Waals surface area contributed by atoms with Gasteiger partial charge in [-0.2, -0.15) is 0 Å². The van der Waals surface area contributed by atoms with E-state index in [0.29, 0.717) is 0 Å². The molecule has 1 aromatic rings. The second-order valence-electron chi connectivity index (χ2n) is 3.48. The molecule has 0 atom stereocenters. The topological polar surface area (TPSA) is 110 Å². The number of ether oxygens (including phenoxy) is 2. The van der Waals surface area contributed by atoms with Crippen molar-refractivity contribution in [2.75, 3.05) is 6.61 Å². The molecule has 0 saturated heterocycles. The van der Waals surface area contributed by atoms with Crippen LogP contribution in [0.15, 0.2) is 24.8 Å². The molecule has 1 rings (SSSR count). The fraction of sp³-hybridized carbons (Fsp3) is 0.154. The Morgan fingerprint density at radius 2 is 1.90 bits per heavy atom. The third kappa shape index (κ3) is 3.14. The van der Waals surface area contributed by atoms with Crippen LogP contribution in [0.2, 0.25) is 0 Å². The first-order chi connectivity index (χ1) is 9.42. The molecule has 0 unspecified atom stereocenters. The van der Waals surface area contributed by atoms with E-state index in [1.54, 1.807) is 6.92 Å². The minimum atomic E-state index is -1.50. The highest BCUT2D eigenvalue weighted by Crippen LogP contribution is 2.34. The summed E-state index contributed by atoms with van der Waals surface area (Å²) in [6.07, 6.45) is 0.890. The molecule has 20 heavy (non-hydrogen) atoms. The molecule has 0 aliphatic rings. The summed E-state index contributed by atoms with van der Waals surface area (Å²) in [5, 5.41) is 18.1. The van der Waals surface area contributed by atoms with Crippen molar-refractivity contribution in [2.45, 2.75) is 6.92 Å². The number of hydrogen-bond acceptors (Lipinski definition) is 5. The Bertz CT molecular complexity index is 574. The van der Waals surface area contributed by atoms with Crippen LogP contribution >= 0.6 is 0 Å². The van der Waals surface area contributed by atoms with Crippen LogP contribution in [0.5, 0.6) is 11.5 Å². The summed E-state index contributed by atoms with van der Waals surface area (Å²) in [5.74, 6) is -4.23. The number of benzene rings is 1. The highest BCUT2D eigenvalue weighted by Gasteiger charge is 2.25. The van der Waals surface area contributed by atoms with Crippen LogP contribution in [0.25, 0.3) is 0 Å². The Balaban J connectivity index is 3.50. The molecule has 0 radical (unpaired) electrons. The van der Waals surface area contributed by atoms with Crippen molar-refractivity contribution >= 4 is 17.9 Å². The molecular formula is C13H12O7. The maximum Gasteiger partial charge on any atom is 0.340 e. The first-order valence-electron chi connectivity index (χ1n) is 5.53. The van der Waals surface area contributed by atoms with Crippen LogP contribution < -0.4 is 9.47 Å². The third-order valence-corrected chi connectivity index (χ3v) is 2.23. The van der Waals surface area contributed by atoms with Gasteiger partial charge < -0.3 is 19.7 Å². The standard InChI is InChI=1S/C13H12O7/c1-3-9(14)20-8-6-5-7(12(15)16)10(13(17)18)11(8)19-4-2/h3,5-6H,1,4H2,2H3,(H,15,16)(H,17,18). The normalized spacial score (nSPS) is 9.65. The minimum absolute atomic E-state index is 0.0714. The maximum absolute atomic E-state index is 11.2. The fourth-order valence-corrected chi connectivity index (χ4v) is 1.47. The molecule has 7 nitrogen and oxygen atoms in total. The van der Waals surface area contributed by atoms with E-state index >= 15 is 0 Å². The molecule has 7 heteroatoms. The monoisotopic (exact) mass is 280 g/mol. The van der Waals surface area contributed by atoms with Gasteiger partial charge in [-0.15, -0.1) is 0 Å². The third-order valence-electron chi connectivity index (χ3n) is 2.23. The molecule has 0 saturated carbocycles. The van der Waals surface area contributed by atoms with E-state index in [-0.39, 0.29) is 18.1 Å². The Kier molecular flexibility index (Phi) is 4.85. The second-order valence-corrected chi connectivity index (χ2v) is 3.48. The van der Waals surface area contributed by atoms with Crippen molar-refractivity contribution in [2.24, 2.45) is 0 Å². The van der Waals surface area contributed by atoms with Crippen molar-refractivity contribution in [3.63, 3.8) is 0 Å². The van der Waals surface area contributed by atoms with Crippen molar-refractivity contribution in [3.05, 3.63) is 35.9 Å². The summed E-state index contributed by atoms with van der Waals surface area (Å²) >= 11 is 0. The predicted molar refractivity (Wildman–Crippen MR) is 67.4 cm³/mol. The van der Waals surface area contributed by atoms with E-state index in [1.807, 2.05) is 0 Å². The van der Waals surface area contributed by atoms with Gasteiger partial charge >= 0.3 is 17.9 Å². The average molecular weight is 280 g/mol. The molecule has 0 aliphatic carbocycles. The number of carboxylic acid groups (broad SMARTS) is 2. The highest BCUT2D eigenvalue weighted by atomic mass is 16.6. The van der Waals surface area contributed by atoms with Gasteiger partial charge in [-0.05, 0) is 19.1 Å². The molecule has 0 fully saturated rings. The zero-order valence-corrected chi connectivity index (χ0v) is 10.6. The zero-order chi connectivity index (χ0) is 15.3. The lowest BCUT2D eigenvalue weighted by Gasteiger charge is -2.14. The van der Waals surface area contributed by atoms with Crippen LogP contribution in [0.4, 0.5) is 0 Å². The fourth-order valence-electron chi connectivity index (χ4n) is 1.47. The summed E-state index contributed by atoms with van der Waals surface area (Å²) in [6, 6.07) is 2.18. The van der Waals surface area contributed by atoms with E-state index < -0.39 is 29.0 Å². The summed E-state index contributed by atoms with van der Waals surface area (Å²) in [7, 11) is 0. The summed E-state index contributed by atoms with van der Waals surface area (Å²) in [6.45, 7) is 4.86. The van der Waals surface area contributed by atoms with Gasteiger partial charge in [0.1, 0.15) is 5.56 Å². The van der Waals surface area contributed by atoms with Crippen LogP contribution in [-0.4, -0.2) is 34.7 Å². The number of hydrogen-bond donors (Lipinski definition) is 2. The molecule has 0 amide bonds. The lowest BCUT2D eigenvalue weighted by Crippen LogP contribution is -2.13. The van der Waals surface area contributed by atoms with Crippen LogP contribution in [-0.2, 0) is 4.79 Å². The van der Waals surface area contributed by atoms with Gasteiger partial charge in [-0.1, -0.05) is 6.58 Å². The van der Waals surface area contributed by atoms with Gasteiger partial charge in [0.15, 0.2) is 11.5 Å². The maximum atomic E-state index is 11.2. The van der Waals surface area contributed by atoms with Crippen molar-refractivity contribution in [1.82, 2.24) is 0 Å². The number of rotatable bonds is 6. The van der Waals surface area contributed by atoms with E-state index in [2.05, 4.69) is 6.58 Å². The van der Waals surface area contributed by atoms with Crippen molar-refractivity contribution in [3.8, 4) is 11.5 Å². The molecule has 1 aromatic carbocycles. The van der Waals surface area contributed by atoms with Crippen LogP contribution in [0.3, 0.4) is 0 Å². The van der Waals surface area contributed by atoms with Gasteiger partial charge in [0.05, 0.1) is 12.2 Å². The summed E-state index contributed by atoms with van der Waals surface area (Å²) < 4.78 is 9.94. The Morgan fingerprint density at radius 1 is 1.25 bits per heavy atom. The number of esters is 1. The van der Waals surface area contributed by atoms with E-state index in [0.717, 1.165) is 18.2 Å². The number of carbonyl (C=O) groups is 3. The predicted octanol–water partition coefficient (Wildman–Crippen LogP) is 1.57. The largest absolute Gasteiger partial charge is 0.489 e. The molecule has 0 heterocycles. The SMILES string of the molecule is C=CC(=O)Oc1ccc(C(=O)O)c(C(=O)O)c1OCC. The smallest absolute Gasteiger partial charge is 0.340 e. The van der Waals surface area contributed by atoms with Gasteiger partial charge in [-0.3, -0.25) is 0 Å². The lowest BCUT2D eigenvalue weighted by molar-refractivity contribution is -0.129. The molecule has 2 N–H and O–H groups in total. The van der Waals surface area contributed by atoms with Crippen molar-refractivity contribution in [1.29, 1.82) is 0 Å². The number of carboxylic acids is 2. The van der Waals surface area contributed by atoms with Gasteiger partial charge in [-0.25, -0.2) is 14.4 Å². The molecule has 0 bridgehead atoms. The van der Waals surface area contributed by atoms with E-state index in [1.165, 1.54) is 0 Å². The van der Waals surface area contributed by atoms with E-state index in [4.69, 9.17) is 19.7 Å². The Labute approximate surface area is 114 Å². The molecular weight excluding hydrogens is 268 g/mol. The molecule has 0 aliphatic heterocycles. The number of carbonyl (C=O) groups excluding carboxylic acids is 1. The Morgan fingerprint density at radius 3 is 2.35 bits per heavy atom. The lowest BCUT2D eigenvalue weighted by atomic mass is 10.1. The van der Waals surface area contributed by atoms with Gasteiger partial charge in [0, 0.05) is 6.08 Å². The number of aromatic carboxylic acids is 2. The van der Waals surface area contributed by atoms with Crippen LogP contribution in [0.1, 0.15) is 27.6 Å². The zero-order valence-electron chi connectivity index (χ0n) is 10.6. The van der Waals surface area contributed by atoms with Gasteiger partial charge in [0.25, 0.3) is 0 Å². The average Bonchev–Trinajstić information content (AvgIpc) is 2.39. The highest BCUT2D eigenvalue weighted by molar-refractivity contribution is 6.04. The summed E-state index contributed by atoms with van der Waals surface area (Å²) in [5.41, 5.74) is -1.03.